The van der Waals surface area contributed by atoms with Crippen molar-refractivity contribution >= 4 is 144 Å². The summed E-state index contributed by atoms with van der Waals surface area (Å²) in [7, 11) is 4.38. The summed E-state index contributed by atoms with van der Waals surface area (Å²) < 4.78 is 14.9. The molecule has 4 heterocycles. The maximum Gasteiger partial charge on any atom is 0.339 e. The maximum absolute atomic E-state index is 12.4. The van der Waals surface area contributed by atoms with E-state index in [1.165, 1.54) is 57.7 Å². The van der Waals surface area contributed by atoms with Crippen molar-refractivity contribution < 1.29 is 43.6 Å². The van der Waals surface area contributed by atoms with Gasteiger partial charge in [-0.05, 0) is 151 Å². The molecule has 0 aliphatic rings. The molecule has 0 fully saturated rings. The van der Waals surface area contributed by atoms with Crippen molar-refractivity contribution in [2.45, 2.75) is 0 Å². The number of nitrogen functional groups attached to an aromatic ring is 1. The molecule has 0 aliphatic carbocycles. The highest BCUT2D eigenvalue weighted by Gasteiger charge is 2.16. The van der Waals surface area contributed by atoms with Gasteiger partial charge in [0.15, 0.2) is 0 Å². The van der Waals surface area contributed by atoms with Gasteiger partial charge in [0.05, 0.1) is 71.1 Å². The Labute approximate surface area is 517 Å². The van der Waals surface area contributed by atoms with Crippen LogP contribution >= 0.6 is 70.4 Å². The van der Waals surface area contributed by atoms with Gasteiger partial charge in [0.1, 0.15) is 28.6 Å². The number of carbonyl (C=O) groups excluding carboxylic acids is 3. The Balaban J connectivity index is 0.000000194. The van der Waals surface area contributed by atoms with Gasteiger partial charge in [-0.1, -0.05) is 52.5 Å². The monoisotopic (exact) mass is 1260 g/mol. The summed E-state index contributed by atoms with van der Waals surface area (Å²) in [6.45, 7) is 0. The first-order chi connectivity index (χ1) is 40.5. The normalized spacial score (nSPS) is 9.88. The minimum atomic E-state index is -1.05. The molecule has 0 bridgehead atoms. The Morgan fingerprint density at radius 1 is 0.435 bits per heavy atom. The van der Waals surface area contributed by atoms with Crippen LogP contribution < -0.4 is 30.6 Å². The number of hydrogen-bond donors (Lipinski definition) is 5. The number of nitrogens with zero attached hydrogens (tertiary/aromatic N) is 7. The number of halogens is 6. The lowest BCUT2D eigenvalue weighted by atomic mass is 10.1. The fourth-order valence-electron chi connectivity index (χ4n) is 7.00. The second-order valence-corrected chi connectivity index (χ2v) is 18.6. The number of hydrogen-bond acceptors (Lipinski definition) is 16. The van der Waals surface area contributed by atoms with E-state index in [0.29, 0.717) is 65.3 Å². The van der Waals surface area contributed by atoms with Crippen LogP contribution in [0.5, 0.6) is 23.0 Å². The van der Waals surface area contributed by atoms with Gasteiger partial charge in [0.2, 0.25) is 0 Å². The zero-order valence-electron chi connectivity index (χ0n) is 44.7. The molecule has 0 radical (unpaired) electrons. The van der Waals surface area contributed by atoms with E-state index < -0.39 is 17.1 Å². The molecule has 0 spiro atoms. The van der Waals surface area contributed by atoms with Gasteiger partial charge in [-0.25, -0.2) is 4.79 Å². The number of aromatic nitrogens is 7. The third-order valence-electron chi connectivity index (χ3n) is 10.9. The highest BCUT2D eigenvalue weighted by molar-refractivity contribution is 6.68. The third kappa shape index (κ3) is 20.4. The van der Waals surface area contributed by atoms with E-state index in [4.69, 9.17) is 83.1 Å². The van der Waals surface area contributed by atoms with Crippen LogP contribution in [0.25, 0.3) is 33.1 Å². The van der Waals surface area contributed by atoms with Gasteiger partial charge in [0.25, 0.3) is 17.1 Å². The van der Waals surface area contributed by atoms with E-state index >= 15 is 0 Å². The van der Waals surface area contributed by atoms with Crippen molar-refractivity contribution in [3.63, 3.8) is 0 Å². The Morgan fingerprint density at radius 3 is 1.21 bits per heavy atom. The molecule has 7 aromatic carbocycles. The lowest BCUT2D eigenvalue weighted by Crippen LogP contribution is -2.13. The van der Waals surface area contributed by atoms with Crippen LogP contribution in [-0.2, 0) is 0 Å². The van der Waals surface area contributed by atoms with Gasteiger partial charge in [-0.15, -0.1) is 12.4 Å². The van der Waals surface area contributed by atoms with Crippen molar-refractivity contribution in [2.24, 2.45) is 0 Å². The van der Waals surface area contributed by atoms with Crippen molar-refractivity contribution in [1.82, 2.24) is 34.9 Å². The summed E-state index contributed by atoms with van der Waals surface area (Å²) in [5, 5.41) is 25.0. The standard InChI is InChI=1S/C16H12ClN3O2.C15H10ClN3O2.C8H6Cl2O2.C8H7ClO3.C8H7N3.C5H5N.ClH/c1-22-15-5-2-10(17)8-12(15)16(21)20-11-3-4-13-14(9-11)19-7-6-18-13;16-9-1-4-14(20)11(7-9)15(21)19-10-2-3-12-13(8-10)18-6-5-17-12;2*1-12-7-3-2-5(9)4-6(7)8(10)11;9-6-1-2-7-8(5-6)11-4-3-10-7;1-2-4-6-5-3-1;/h2-9H,1H3,(H,20,21);1-8,20H,(H,19,21);2-4H,1H3;2-4H,1H3,(H,10,11);1-5H,9H2;1-5H;1H. The van der Waals surface area contributed by atoms with Gasteiger partial charge in [-0.3, -0.25) is 49.3 Å². The van der Waals surface area contributed by atoms with Gasteiger partial charge < -0.3 is 40.8 Å². The quantitative estimate of drug-likeness (QED) is 0.0663. The number of amides is 2. The molecule has 11 rings (SSSR count). The second-order valence-electron chi connectivity index (χ2n) is 16.5. The first kappa shape index (κ1) is 66.3. The predicted molar refractivity (Wildman–Crippen MR) is 335 cm³/mol. The fraction of sp³-hybridized carbons (Fsp3) is 0.0500. The number of rotatable bonds is 9. The van der Waals surface area contributed by atoms with E-state index in [1.54, 1.807) is 122 Å². The van der Waals surface area contributed by atoms with Crippen LogP contribution in [0.3, 0.4) is 0 Å². The molecule has 25 heteroatoms. The van der Waals surface area contributed by atoms with E-state index in [9.17, 15) is 24.3 Å². The molecule has 434 valence electrons. The van der Waals surface area contributed by atoms with Gasteiger partial charge in [0, 0.05) is 86.7 Å². The zero-order valence-corrected chi connectivity index (χ0v) is 49.3. The van der Waals surface area contributed by atoms with Crippen LogP contribution in [0.1, 0.15) is 41.4 Å². The van der Waals surface area contributed by atoms with E-state index in [-0.39, 0.29) is 40.8 Å². The number of pyridine rings is 1. The lowest BCUT2D eigenvalue weighted by molar-refractivity contribution is 0.0692. The number of nitrogens with two attached hydrogens (primary N) is 1. The largest absolute Gasteiger partial charge is 0.507 e. The SMILES string of the molecule is COc1ccc(Cl)cc1C(=O)Cl.COc1ccc(Cl)cc1C(=O)Nc1ccc2nccnc2c1.COc1ccc(Cl)cc1C(=O)O.Cl.Nc1ccc2nccnc2c1.O=C(Nc1ccc2nccnc2c1)c1cc(Cl)ccc1O.c1ccncc1. The number of benzene rings is 7. The van der Waals surface area contributed by atoms with E-state index in [0.717, 1.165) is 27.8 Å². The number of nitrogens with one attached hydrogen (secondary N) is 2. The third-order valence-corrected chi connectivity index (χ3v) is 12.0. The van der Waals surface area contributed by atoms with E-state index in [1.807, 2.05) is 36.4 Å². The lowest BCUT2D eigenvalue weighted by Gasteiger charge is -2.10. The van der Waals surface area contributed by atoms with Crippen molar-refractivity contribution in [1.29, 1.82) is 0 Å². The molecule has 4 aromatic heterocycles. The molecular weight excluding hydrogens is 1220 g/mol. The number of phenolic OH excluding ortho intramolecular Hbond substituents is 1. The summed E-state index contributed by atoms with van der Waals surface area (Å²) in [5.74, 6) is -0.721. The highest BCUT2D eigenvalue weighted by atomic mass is 35.5. The summed E-state index contributed by atoms with van der Waals surface area (Å²) in [4.78, 5) is 74.7. The molecule has 2 amide bonds. The Kier molecular flexibility index (Phi) is 26.2. The summed E-state index contributed by atoms with van der Waals surface area (Å²) >= 11 is 28.3. The minimum Gasteiger partial charge on any atom is -0.507 e. The molecule has 0 saturated heterocycles. The smallest absolute Gasteiger partial charge is 0.339 e. The zero-order chi connectivity index (χ0) is 60.5. The van der Waals surface area contributed by atoms with Gasteiger partial charge in [-0.2, -0.15) is 0 Å². The number of phenols is 1. The van der Waals surface area contributed by atoms with Crippen LogP contribution in [0.4, 0.5) is 17.1 Å². The average molecular weight is 1270 g/mol. The molecule has 85 heavy (non-hydrogen) atoms. The maximum atomic E-state index is 12.4. The highest BCUT2D eigenvalue weighted by Crippen LogP contribution is 2.27. The topological polar surface area (TPSA) is 277 Å². The molecule has 6 N–H and O–H groups in total. The van der Waals surface area contributed by atoms with E-state index in [2.05, 4.69) is 45.5 Å². The van der Waals surface area contributed by atoms with Crippen LogP contribution in [0.15, 0.2) is 195 Å². The molecule has 0 unspecified atom stereocenters. The molecular formula is C60H48Cl6N10O9. The number of aromatic carboxylic acids is 1. The molecule has 0 saturated carbocycles. The Morgan fingerprint density at radius 2 is 0.800 bits per heavy atom. The molecule has 19 nitrogen and oxygen atoms in total. The number of anilines is 3. The van der Waals surface area contributed by atoms with Crippen LogP contribution in [0, 0.1) is 0 Å². The molecule has 11 aromatic rings. The first-order valence-corrected chi connectivity index (χ1v) is 26.1. The van der Waals surface area contributed by atoms with Gasteiger partial charge >= 0.3 is 5.97 Å². The number of aromatic hydroxyl groups is 1. The number of carboxylic acids is 1. The molecule has 0 aliphatic heterocycles. The van der Waals surface area contributed by atoms with Crippen LogP contribution in [0.2, 0.25) is 20.1 Å². The number of ether oxygens (including phenoxy) is 3. The Hall–Kier alpha value is -9.47. The van der Waals surface area contributed by atoms with Crippen molar-refractivity contribution in [3.8, 4) is 23.0 Å². The number of carbonyl (C=O) groups is 4. The predicted octanol–water partition coefficient (Wildman–Crippen LogP) is 14.3. The number of methoxy groups -OCH3 is 3. The summed E-state index contributed by atoms with van der Waals surface area (Å²) in [6, 6.07) is 40.0. The number of carboxylic acid groups (broad SMARTS) is 1. The first-order valence-electron chi connectivity index (χ1n) is 24.2. The second kappa shape index (κ2) is 33.6. The summed E-state index contributed by atoms with van der Waals surface area (Å²) in [5.41, 5.74) is 12.9. The number of fused-ring (bicyclic) bond motifs is 3. The van der Waals surface area contributed by atoms with Crippen LogP contribution in [-0.4, -0.2) is 89.5 Å². The van der Waals surface area contributed by atoms with Crippen molar-refractivity contribution in [3.05, 3.63) is 238 Å². The fourth-order valence-corrected chi connectivity index (χ4v) is 7.84. The Bertz CT molecular complexity index is 3980. The van der Waals surface area contributed by atoms with Crippen molar-refractivity contribution in [2.75, 3.05) is 37.7 Å². The minimum absolute atomic E-state index is 0. The average Bonchev–Trinajstić information content (AvgIpc) is 3.69. The molecule has 0 atom stereocenters. The summed E-state index contributed by atoms with van der Waals surface area (Å²) in [6.07, 6.45) is 13.2.